The van der Waals surface area contributed by atoms with Gasteiger partial charge in [0.15, 0.2) is 11.6 Å². The lowest BCUT2D eigenvalue weighted by Gasteiger charge is -2.22. The van der Waals surface area contributed by atoms with Crippen LogP contribution in [0.4, 0.5) is 4.39 Å². The first-order valence-corrected chi connectivity index (χ1v) is 6.92. The van der Waals surface area contributed by atoms with Crippen LogP contribution in [0.3, 0.4) is 0 Å². The van der Waals surface area contributed by atoms with Crippen LogP contribution in [-0.2, 0) is 4.79 Å². The van der Waals surface area contributed by atoms with Gasteiger partial charge in [-0.1, -0.05) is 25.5 Å². The lowest BCUT2D eigenvalue weighted by atomic mass is 10.0. The number of hydrogen-bond acceptors (Lipinski definition) is 3. The average Bonchev–Trinajstić information content (AvgIpc) is 2.46. The Hall–Kier alpha value is -1.62. The Bertz CT molecular complexity index is 426. The maximum atomic E-state index is 13.3. The number of carbonyl (C=O) groups excluding carboxylic acids is 1. The van der Waals surface area contributed by atoms with Crippen molar-refractivity contribution in [3.63, 3.8) is 0 Å². The molecule has 0 spiro atoms. The molecule has 0 aromatic heterocycles. The Labute approximate surface area is 119 Å². The fraction of sp³-hybridized carbons (Fsp3) is 0.533. The van der Waals surface area contributed by atoms with Crippen LogP contribution in [0.2, 0.25) is 0 Å². The first kappa shape index (κ1) is 16.4. The average molecular weight is 282 g/mol. The van der Waals surface area contributed by atoms with E-state index in [1.807, 2.05) is 6.92 Å². The molecule has 0 saturated carbocycles. The molecule has 0 aliphatic carbocycles. The van der Waals surface area contributed by atoms with E-state index in [1.54, 1.807) is 30.1 Å². The quantitative estimate of drug-likeness (QED) is 0.794. The predicted octanol–water partition coefficient (Wildman–Crippen LogP) is 2.04. The van der Waals surface area contributed by atoms with Gasteiger partial charge in [0.2, 0.25) is 5.91 Å². The molecule has 1 aromatic carbocycles. The molecule has 1 atom stereocenters. The number of halogens is 1. The molecular formula is C15H23FN2O2. The molecule has 0 saturated heterocycles. The van der Waals surface area contributed by atoms with Gasteiger partial charge in [-0.25, -0.2) is 4.39 Å². The second-order valence-corrected chi connectivity index (χ2v) is 4.76. The molecule has 0 fully saturated rings. The van der Waals surface area contributed by atoms with Gasteiger partial charge in [0.05, 0.1) is 12.5 Å². The summed E-state index contributed by atoms with van der Waals surface area (Å²) in [4.78, 5) is 13.7. The first-order chi connectivity index (χ1) is 9.60. The predicted molar refractivity (Wildman–Crippen MR) is 77.0 cm³/mol. The minimum Gasteiger partial charge on any atom is -0.489 e. The number of carbonyl (C=O) groups is 1. The monoisotopic (exact) mass is 282 g/mol. The van der Waals surface area contributed by atoms with Crippen molar-refractivity contribution in [1.29, 1.82) is 0 Å². The van der Waals surface area contributed by atoms with Crippen LogP contribution in [0.25, 0.3) is 0 Å². The van der Waals surface area contributed by atoms with E-state index in [-0.39, 0.29) is 24.2 Å². The molecule has 5 heteroatoms. The summed E-state index contributed by atoms with van der Waals surface area (Å²) in [6.07, 6.45) is 1.71. The highest BCUT2D eigenvalue weighted by Gasteiger charge is 2.19. The van der Waals surface area contributed by atoms with Crippen LogP contribution >= 0.6 is 0 Å². The molecule has 0 heterocycles. The molecule has 2 N–H and O–H groups in total. The third-order valence-electron chi connectivity index (χ3n) is 3.17. The molecule has 0 aliphatic heterocycles. The number of benzene rings is 1. The second kappa shape index (κ2) is 8.53. The van der Waals surface area contributed by atoms with Gasteiger partial charge in [0.25, 0.3) is 0 Å². The van der Waals surface area contributed by atoms with Crippen LogP contribution in [-0.4, -0.2) is 37.6 Å². The molecule has 4 nitrogen and oxygen atoms in total. The van der Waals surface area contributed by atoms with E-state index in [9.17, 15) is 9.18 Å². The van der Waals surface area contributed by atoms with Gasteiger partial charge in [-0.05, 0) is 18.6 Å². The van der Waals surface area contributed by atoms with Crippen molar-refractivity contribution in [2.24, 2.45) is 11.7 Å². The van der Waals surface area contributed by atoms with Crippen molar-refractivity contribution in [1.82, 2.24) is 4.90 Å². The van der Waals surface area contributed by atoms with E-state index in [0.29, 0.717) is 13.1 Å². The Kier molecular flexibility index (Phi) is 7.01. The van der Waals surface area contributed by atoms with Crippen molar-refractivity contribution in [3.8, 4) is 5.75 Å². The first-order valence-electron chi connectivity index (χ1n) is 6.92. The van der Waals surface area contributed by atoms with Crippen LogP contribution in [0.1, 0.15) is 19.8 Å². The third kappa shape index (κ3) is 4.81. The summed E-state index contributed by atoms with van der Waals surface area (Å²) in [5.41, 5.74) is 5.61. The van der Waals surface area contributed by atoms with Gasteiger partial charge >= 0.3 is 0 Å². The summed E-state index contributed by atoms with van der Waals surface area (Å²) in [7, 11) is 1.71. The molecule has 0 bridgehead atoms. The van der Waals surface area contributed by atoms with Crippen molar-refractivity contribution < 1.29 is 13.9 Å². The summed E-state index contributed by atoms with van der Waals surface area (Å²) in [6.45, 7) is 3.04. The van der Waals surface area contributed by atoms with Gasteiger partial charge in [0, 0.05) is 13.6 Å². The van der Waals surface area contributed by atoms with Crippen molar-refractivity contribution >= 4 is 5.91 Å². The van der Waals surface area contributed by atoms with Crippen molar-refractivity contribution in [3.05, 3.63) is 30.1 Å². The van der Waals surface area contributed by atoms with Crippen LogP contribution in [0, 0.1) is 11.7 Å². The lowest BCUT2D eigenvalue weighted by molar-refractivity contribution is -0.134. The van der Waals surface area contributed by atoms with Crippen molar-refractivity contribution in [2.75, 3.05) is 26.7 Å². The van der Waals surface area contributed by atoms with Gasteiger partial charge < -0.3 is 15.4 Å². The Morgan fingerprint density at radius 2 is 2.15 bits per heavy atom. The number of rotatable bonds is 8. The minimum atomic E-state index is -0.396. The fourth-order valence-electron chi connectivity index (χ4n) is 1.97. The smallest absolute Gasteiger partial charge is 0.226 e. The lowest BCUT2D eigenvalue weighted by Crippen LogP contribution is -2.38. The Morgan fingerprint density at radius 1 is 1.45 bits per heavy atom. The number of ether oxygens (including phenoxy) is 1. The van der Waals surface area contributed by atoms with Gasteiger partial charge in [0.1, 0.15) is 6.61 Å². The summed E-state index contributed by atoms with van der Waals surface area (Å²) >= 11 is 0. The zero-order valence-corrected chi connectivity index (χ0v) is 12.1. The van der Waals surface area contributed by atoms with Crippen LogP contribution in [0.15, 0.2) is 24.3 Å². The van der Waals surface area contributed by atoms with Gasteiger partial charge in [-0.3, -0.25) is 4.79 Å². The topological polar surface area (TPSA) is 55.6 Å². The standard InChI is InChI=1S/C15H23FN2O2/c1-3-6-12(11-17)15(19)18(2)9-10-20-14-8-5-4-7-13(14)16/h4-5,7-8,12H,3,6,9-11,17H2,1-2H3. The summed E-state index contributed by atoms with van der Waals surface area (Å²) in [5, 5.41) is 0. The number of likely N-dealkylation sites (N-methyl/N-ethyl adjacent to an activating group) is 1. The van der Waals surface area contributed by atoms with E-state index < -0.39 is 5.82 Å². The van der Waals surface area contributed by atoms with E-state index in [4.69, 9.17) is 10.5 Å². The molecule has 20 heavy (non-hydrogen) atoms. The van der Waals surface area contributed by atoms with E-state index in [0.717, 1.165) is 12.8 Å². The summed E-state index contributed by atoms with van der Waals surface area (Å²) < 4.78 is 18.7. The number of nitrogens with two attached hydrogens (primary N) is 1. The Morgan fingerprint density at radius 3 is 2.75 bits per heavy atom. The van der Waals surface area contributed by atoms with Gasteiger partial charge in [-0.15, -0.1) is 0 Å². The molecule has 1 aromatic rings. The largest absolute Gasteiger partial charge is 0.489 e. The van der Waals surface area contributed by atoms with E-state index in [2.05, 4.69) is 0 Å². The minimum absolute atomic E-state index is 0.0199. The zero-order chi connectivity index (χ0) is 15.0. The molecule has 0 aliphatic rings. The number of hydrogen-bond donors (Lipinski definition) is 1. The zero-order valence-electron chi connectivity index (χ0n) is 12.1. The third-order valence-corrected chi connectivity index (χ3v) is 3.17. The molecular weight excluding hydrogens is 259 g/mol. The summed E-state index contributed by atoms with van der Waals surface area (Å²) in [6, 6.07) is 6.22. The van der Waals surface area contributed by atoms with E-state index in [1.165, 1.54) is 6.07 Å². The SMILES string of the molecule is CCCC(CN)C(=O)N(C)CCOc1ccccc1F. The highest BCUT2D eigenvalue weighted by atomic mass is 19.1. The van der Waals surface area contributed by atoms with Crippen LogP contribution < -0.4 is 10.5 Å². The second-order valence-electron chi connectivity index (χ2n) is 4.76. The van der Waals surface area contributed by atoms with E-state index >= 15 is 0 Å². The summed E-state index contributed by atoms with van der Waals surface area (Å²) in [5.74, 6) is -0.311. The number of nitrogens with zero attached hydrogens (tertiary/aromatic N) is 1. The van der Waals surface area contributed by atoms with Gasteiger partial charge in [-0.2, -0.15) is 0 Å². The molecule has 1 unspecified atom stereocenters. The maximum absolute atomic E-state index is 13.3. The molecule has 112 valence electrons. The number of para-hydroxylation sites is 1. The van der Waals surface area contributed by atoms with Crippen molar-refractivity contribution in [2.45, 2.75) is 19.8 Å². The highest BCUT2D eigenvalue weighted by molar-refractivity contribution is 5.78. The molecule has 0 radical (unpaired) electrons. The molecule has 1 rings (SSSR count). The number of amides is 1. The fourth-order valence-corrected chi connectivity index (χ4v) is 1.97. The van der Waals surface area contributed by atoms with Crippen LogP contribution in [0.5, 0.6) is 5.75 Å². The normalized spacial score (nSPS) is 12.0. The highest BCUT2D eigenvalue weighted by Crippen LogP contribution is 2.15. The Balaban J connectivity index is 2.41. The molecule has 1 amide bonds. The maximum Gasteiger partial charge on any atom is 0.226 e.